The van der Waals surface area contributed by atoms with Crippen molar-refractivity contribution in [2.75, 3.05) is 0 Å². The second-order valence-electron chi connectivity index (χ2n) is 5.72. The van der Waals surface area contributed by atoms with Crippen molar-refractivity contribution in [2.45, 2.75) is 23.0 Å². The highest BCUT2D eigenvalue weighted by Gasteiger charge is 2.52. The maximum Gasteiger partial charge on any atom is 0.331 e. The van der Waals surface area contributed by atoms with Crippen LogP contribution in [0, 0.1) is 0 Å². The van der Waals surface area contributed by atoms with Crippen LogP contribution in [0.5, 0.6) is 0 Å². The Morgan fingerprint density at radius 3 is 2.64 bits per heavy atom. The minimum Gasteiger partial charge on any atom is -0.480 e. The normalized spacial score (nSPS) is 20.8. The molecule has 0 saturated heterocycles. The number of aromatic nitrogens is 1. The molecular formula is C16H13NO6S2. The fourth-order valence-electron chi connectivity index (χ4n) is 2.84. The van der Waals surface area contributed by atoms with Crippen molar-refractivity contribution in [3.63, 3.8) is 0 Å². The molecule has 0 saturated carbocycles. The third-order valence-electron chi connectivity index (χ3n) is 4.05. The average molecular weight is 379 g/mol. The van der Waals surface area contributed by atoms with Crippen LogP contribution in [0.15, 0.2) is 51.9 Å². The van der Waals surface area contributed by atoms with E-state index in [0.717, 1.165) is 6.08 Å². The first-order valence-corrected chi connectivity index (χ1v) is 9.48. The molecule has 0 radical (unpaired) electrons. The van der Waals surface area contributed by atoms with Crippen LogP contribution >= 0.6 is 11.3 Å². The lowest BCUT2D eigenvalue weighted by molar-refractivity contribution is -0.138. The van der Waals surface area contributed by atoms with Gasteiger partial charge < -0.3 is 10.2 Å². The molecule has 2 aromatic rings. The SMILES string of the molecule is CC1=CC(C(=O)O)(S(=O)(=O)c2ccc3ncsc3c2)CC(C(=O)O)=C1. The van der Waals surface area contributed by atoms with E-state index in [1.54, 1.807) is 5.51 Å². The number of fused-ring (bicyclic) bond motifs is 1. The monoisotopic (exact) mass is 379 g/mol. The Morgan fingerprint density at radius 2 is 2.00 bits per heavy atom. The summed E-state index contributed by atoms with van der Waals surface area (Å²) < 4.78 is 24.6. The largest absolute Gasteiger partial charge is 0.480 e. The summed E-state index contributed by atoms with van der Waals surface area (Å²) in [6.07, 6.45) is 1.75. The number of carbonyl (C=O) groups is 2. The zero-order valence-electron chi connectivity index (χ0n) is 13.0. The van der Waals surface area contributed by atoms with Crippen molar-refractivity contribution in [1.29, 1.82) is 0 Å². The Morgan fingerprint density at radius 1 is 1.28 bits per heavy atom. The number of allylic oxidation sites excluding steroid dienone is 2. The first kappa shape index (κ1) is 17.3. The molecule has 0 aliphatic heterocycles. The topological polar surface area (TPSA) is 122 Å². The maximum absolute atomic E-state index is 13.2. The Kier molecular flexibility index (Phi) is 4.00. The van der Waals surface area contributed by atoms with Gasteiger partial charge in [0.15, 0.2) is 14.6 Å². The minimum atomic E-state index is -4.39. The molecule has 1 aromatic heterocycles. The number of carboxylic acid groups (broad SMARTS) is 2. The van der Waals surface area contributed by atoms with E-state index in [1.165, 1.54) is 42.5 Å². The molecule has 2 N–H and O–H groups in total. The van der Waals surface area contributed by atoms with Crippen molar-refractivity contribution < 1.29 is 28.2 Å². The molecule has 1 aliphatic rings. The summed E-state index contributed by atoms with van der Waals surface area (Å²) in [5.74, 6) is -2.95. The molecule has 0 spiro atoms. The number of sulfone groups is 1. The van der Waals surface area contributed by atoms with Crippen molar-refractivity contribution in [1.82, 2.24) is 4.98 Å². The molecule has 0 amide bonds. The van der Waals surface area contributed by atoms with E-state index in [9.17, 15) is 28.2 Å². The van der Waals surface area contributed by atoms with Gasteiger partial charge in [-0.1, -0.05) is 5.57 Å². The highest BCUT2D eigenvalue weighted by molar-refractivity contribution is 7.93. The van der Waals surface area contributed by atoms with Crippen LogP contribution in [0.4, 0.5) is 0 Å². The molecule has 25 heavy (non-hydrogen) atoms. The van der Waals surface area contributed by atoms with Crippen LogP contribution in [0.25, 0.3) is 10.2 Å². The van der Waals surface area contributed by atoms with Crippen LogP contribution in [-0.2, 0) is 19.4 Å². The van der Waals surface area contributed by atoms with E-state index in [4.69, 9.17) is 0 Å². The molecule has 7 nitrogen and oxygen atoms in total. The molecule has 1 atom stereocenters. The number of benzene rings is 1. The summed E-state index contributed by atoms with van der Waals surface area (Å²) in [7, 11) is -4.39. The minimum absolute atomic E-state index is 0.178. The second-order valence-corrected chi connectivity index (χ2v) is 8.81. The number of rotatable bonds is 4. The fraction of sp³-hybridized carbons (Fsp3) is 0.188. The summed E-state index contributed by atoms with van der Waals surface area (Å²) in [6.45, 7) is 1.47. The maximum atomic E-state index is 13.2. The lowest BCUT2D eigenvalue weighted by Gasteiger charge is -2.29. The smallest absolute Gasteiger partial charge is 0.331 e. The Labute approximate surface area is 146 Å². The van der Waals surface area contributed by atoms with Gasteiger partial charge in [-0.15, -0.1) is 11.3 Å². The molecule has 1 unspecified atom stereocenters. The van der Waals surface area contributed by atoms with Crippen molar-refractivity contribution >= 4 is 43.3 Å². The molecule has 1 aliphatic carbocycles. The van der Waals surface area contributed by atoms with Gasteiger partial charge in [-0.3, -0.25) is 4.79 Å². The van der Waals surface area contributed by atoms with Crippen LogP contribution in [0.2, 0.25) is 0 Å². The number of thiazole rings is 1. The predicted octanol–water partition coefficient (Wildman–Crippen LogP) is 2.25. The number of carboxylic acids is 2. The van der Waals surface area contributed by atoms with Crippen molar-refractivity contribution in [2.24, 2.45) is 0 Å². The fourth-order valence-corrected chi connectivity index (χ4v) is 5.49. The van der Waals surface area contributed by atoms with Crippen LogP contribution < -0.4 is 0 Å². The van der Waals surface area contributed by atoms with Gasteiger partial charge in [-0.25, -0.2) is 18.2 Å². The van der Waals surface area contributed by atoms with Crippen molar-refractivity contribution in [3.8, 4) is 0 Å². The molecule has 1 aromatic carbocycles. The first-order valence-electron chi connectivity index (χ1n) is 7.12. The van der Waals surface area contributed by atoms with E-state index >= 15 is 0 Å². The van der Waals surface area contributed by atoms with Gasteiger partial charge in [0.25, 0.3) is 0 Å². The predicted molar refractivity (Wildman–Crippen MR) is 91.3 cm³/mol. The zero-order valence-corrected chi connectivity index (χ0v) is 14.6. The Hall–Kier alpha value is -2.52. The summed E-state index contributed by atoms with van der Waals surface area (Å²) in [5.41, 5.74) is 2.18. The highest BCUT2D eigenvalue weighted by atomic mass is 32.2. The third-order valence-corrected chi connectivity index (χ3v) is 7.11. The van der Waals surface area contributed by atoms with Crippen LogP contribution in [0.3, 0.4) is 0 Å². The van der Waals surface area contributed by atoms with E-state index in [-0.39, 0.29) is 16.0 Å². The van der Waals surface area contributed by atoms with Gasteiger partial charge in [-0.05, 0) is 37.3 Å². The third kappa shape index (κ3) is 2.65. The molecule has 9 heteroatoms. The van der Waals surface area contributed by atoms with Gasteiger partial charge in [0.05, 0.1) is 20.6 Å². The first-order chi connectivity index (χ1) is 11.7. The van der Waals surface area contributed by atoms with E-state index in [0.29, 0.717) is 10.2 Å². The summed E-state index contributed by atoms with van der Waals surface area (Å²) in [4.78, 5) is 27.2. The molecule has 0 fully saturated rings. The average Bonchev–Trinajstić information content (AvgIpc) is 3.01. The quantitative estimate of drug-likeness (QED) is 0.835. The van der Waals surface area contributed by atoms with Crippen LogP contribution in [0.1, 0.15) is 13.3 Å². The van der Waals surface area contributed by atoms with Gasteiger partial charge in [0.2, 0.25) is 0 Å². The van der Waals surface area contributed by atoms with E-state index in [1.807, 2.05) is 0 Å². The number of aliphatic carboxylic acids is 2. The molecule has 1 heterocycles. The van der Waals surface area contributed by atoms with Gasteiger partial charge in [0, 0.05) is 12.0 Å². The van der Waals surface area contributed by atoms with Gasteiger partial charge in [0.1, 0.15) is 0 Å². The number of hydrogen-bond acceptors (Lipinski definition) is 6. The van der Waals surface area contributed by atoms with Crippen molar-refractivity contribution in [3.05, 3.63) is 47.0 Å². The molecule has 3 rings (SSSR count). The Balaban J connectivity index is 2.22. The van der Waals surface area contributed by atoms with Gasteiger partial charge >= 0.3 is 11.9 Å². The van der Waals surface area contributed by atoms with Gasteiger partial charge in [-0.2, -0.15) is 0 Å². The summed E-state index contributed by atoms with van der Waals surface area (Å²) in [5, 5.41) is 19.0. The highest BCUT2D eigenvalue weighted by Crippen LogP contribution is 2.39. The Bertz CT molecular complexity index is 1060. The lowest BCUT2D eigenvalue weighted by Crippen LogP contribution is -2.47. The van der Waals surface area contributed by atoms with E-state index < -0.39 is 32.9 Å². The summed E-state index contributed by atoms with van der Waals surface area (Å²) in [6, 6.07) is 4.17. The molecule has 0 bridgehead atoms. The zero-order chi connectivity index (χ0) is 18.4. The number of nitrogens with zero attached hydrogens (tertiary/aromatic N) is 1. The summed E-state index contributed by atoms with van der Waals surface area (Å²) >= 11 is 1.23. The van der Waals surface area contributed by atoms with E-state index in [2.05, 4.69) is 4.98 Å². The molecular weight excluding hydrogens is 366 g/mol. The lowest BCUT2D eigenvalue weighted by atomic mass is 9.90. The second kappa shape index (κ2) is 5.78. The molecule has 130 valence electrons. The standard InChI is InChI=1S/C16H13NO6S2/c1-9-4-10(14(18)19)7-16(6-9,15(20)21)25(22,23)11-2-3-12-13(5-11)24-8-17-12/h2-6,8H,7H2,1H3,(H,18,19)(H,20,21). The number of hydrogen-bond donors (Lipinski definition) is 2. The van der Waals surface area contributed by atoms with Crippen LogP contribution in [-0.4, -0.2) is 40.3 Å².